The molecule has 0 aliphatic carbocycles. The molecule has 5 nitrogen and oxygen atoms in total. The van der Waals surface area contributed by atoms with Gasteiger partial charge in [-0.25, -0.2) is 12.8 Å². The van der Waals surface area contributed by atoms with Gasteiger partial charge in [0.2, 0.25) is 5.91 Å². The van der Waals surface area contributed by atoms with Crippen molar-refractivity contribution in [2.24, 2.45) is 11.7 Å². The van der Waals surface area contributed by atoms with Crippen LogP contribution < -0.4 is 5.73 Å². The Hall–Kier alpha value is -1.47. The van der Waals surface area contributed by atoms with E-state index in [4.69, 9.17) is 5.73 Å². The lowest BCUT2D eigenvalue weighted by atomic mass is 9.92. The Balaban J connectivity index is 2.16. The van der Waals surface area contributed by atoms with Crippen molar-refractivity contribution in [2.75, 3.05) is 13.1 Å². The third kappa shape index (κ3) is 3.90. The zero-order valence-corrected chi connectivity index (χ0v) is 14.2. The molecule has 128 valence electrons. The number of rotatable bonds is 4. The maximum atomic E-state index is 13.0. The van der Waals surface area contributed by atoms with Gasteiger partial charge in [0.05, 0.1) is 4.90 Å². The highest BCUT2D eigenvalue weighted by Gasteiger charge is 2.35. The van der Waals surface area contributed by atoms with Crippen LogP contribution >= 0.6 is 0 Å². The molecule has 0 radical (unpaired) electrons. The monoisotopic (exact) mass is 342 g/mol. The molecule has 0 unspecified atom stereocenters. The van der Waals surface area contributed by atoms with Crippen molar-refractivity contribution in [3.8, 4) is 0 Å². The summed E-state index contributed by atoms with van der Waals surface area (Å²) < 4.78 is 38.1. The van der Waals surface area contributed by atoms with Gasteiger partial charge in [0, 0.05) is 19.1 Å². The van der Waals surface area contributed by atoms with Crippen LogP contribution in [-0.2, 0) is 14.6 Å². The summed E-state index contributed by atoms with van der Waals surface area (Å²) in [6, 6.07) is 4.51. The van der Waals surface area contributed by atoms with E-state index in [2.05, 4.69) is 0 Å². The molecular weight excluding hydrogens is 319 g/mol. The Morgan fingerprint density at radius 3 is 2.48 bits per heavy atom. The third-order valence-electron chi connectivity index (χ3n) is 4.47. The molecule has 1 fully saturated rings. The first-order valence-corrected chi connectivity index (χ1v) is 9.32. The Labute approximate surface area is 136 Å². The minimum absolute atomic E-state index is 0.0328. The van der Waals surface area contributed by atoms with E-state index in [1.54, 1.807) is 4.90 Å². The molecule has 0 bridgehead atoms. The summed E-state index contributed by atoms with van der Waals surface area (Å²) in [6.45, 7) is 4.32. The summed E-state index contributed by atoms with van der Waals surface area (Å²) in [6.07, 6.45) is 1.77. The highest BCUT2D eigenvalue weighted by Crippen LogP contribution is 2.23. The summed E-state index contributed by atoms with van der Waals surface area (Å²) in [5.74, 6) is -0.744. The molecule has 2 rings (SSSR count). The number of amides is 1. The van der Waals surface area contributed by atoms with Crippen molar-refractivity contribution in [3.05, 3.63) is 30.1 Å². The molecule has 2 N–H and O–H groups in total. The van der Waals surface area contributed by atoms with E-state index in [0.717, 1.165) is 25.0 Å². The van der Waals surface area contributed by atoms with Crippen LogP contribution in [0.3, 0.4) is 0 Å². The van der Waals surface area contributed by atoms with E-state index in [1.807, 2.05) is 6.92 Å². The number of carbonyl (C=O) groups is 1. The maximum Gasteiger partial charge on any atom is 0.241 e. The third-order valence-corrected chi connectivity index (χ3v) is 6.53. The van der Waals surface area contributed by atoms with Gasteiger partial charge in [-0.15, -0.1) is 0 Å². The second-order valence-electron chi connectivity index (χ2n) is 6.19. The second-order valence-corrected chi connectivity index (χ2v) is 8.46. The Kier molecular flexibility index (Phi) is 5.41. The average molecular weight is 342 g/mol. The molecule has 1 aromatic carbocycles. The smallest absolute Gasteiger partial charge is 0.241 e. The number of nitrogens with two attached hydrogens (primary N) is 1. The number of piperidine rings is 1. The normalized spacial score (nSPS) is 21.7. The van der Waals surface area contributed by atoms with Crippen LogP contribution in [0.4, 0.5) is 4.39 Å². The summed E-state index contributed by atoms with van der Waals surface area (Å²) in [7, 11) is -3.83. The van der Waals surface area contributed by atoms with Gasteiger partial charge in [0.1, 0.15) is 11.1 Å². The largest absolute Gasteiger partial charge is 0.341 e. The quantitative estimate of drug-likeness (QED) is 0.842. The number of likely N-dealkylation sites (tertiary alicyclic amines) is 1. The van der Waals surface area contributed by atoms with Gasteiger partial charge in [0.25, 0.3) is 0 Å². The van der Waals surface area contributed by atoms with E-state index in [-0.39, 0.29) is 16.9 Å². The SMILES string of the molecule is C[C@H](N)[C@@H]1CCCN(C(=O)[C@@H](C)S(=O)(=O)c2ccc(F)cc2)C1. The van der Waals surface area contributed by atoms with E-state index in [1.165, 1.54) is 19.1 Å². The van der Waals surface area contributed by atoms with Crippen molar-refractivity contribution < 1.29 is 17.6 Å². The highest BCUT2D eigenvalue weighted by molar-refractivity contribution is 7.92. The van der Waals surface area contributed by atoms with Gasteiger partial charge in [-0.3, -0.25) is 4.79 Å². The molecule has 1 heterocycles. The molecular formula is C16H23FN2O3S. The maximum absolute atomic E-state index is 13.0. The van der Waals surface area contributed by atoms with Crippen LogP contribution in [0, 0.1) is 11.7 Å². The van der Waals surface area contributed by atoms with Crippen LogP contribution in [0.15, 0.2) is 29.2 Å². The Morgan fingerprint density at radius 1 is 1.30 bits per heavy atom. The second kappa shape index (κ2) is 6.97. The zero-order valence-electron chi connectivity index (χ0n) is 13.4. The minimum Gasteiger partial charge on any atom is -0.341 e. The standard InChI is InChI=1S/C16H23FN2O3S/c1-11(18)13-4-3-9-19(10-13)16(20)12(2)23(21,22)15-7-5-14(17)6-8-15/h5-8,11-13H,3-4,9-10,18H2,1-2H3/t11-,12+,13+/m0/s1. The van der Waals surface area contributed by atoms with Crippen LogP contribution in [0.5, 0.6) is 0 Å². The lowest BCUT2D eigenvalue weighted by Gasteiger charge is -2.35. The summed E-state index contributed by atoms with van der Waals surface area (Å²) in [4.78, 5) is 14.1. The molecule has 1 aliphatic heterocycles. The van der Waals surface area contributed by atoms with Crippen molar-refractivity contribution in [3.63, 3.8) is 0 Å². The fourth-order valence-corrected chi connectivity index (χ4v) is 4.20. The molecule has 1 saturated heterocycles. The Morgan fingerprint density at radius 2 is 1.91 bits per heavy atom. The van der Waals surface area contributed by atoms with Crippen LogP contribution in [0.25, 0.3) is 0 Å². The molecule has 1 aliphatic rings. The molecule has 0 saturated carbocycles. The van der Waals surface area contributed by atoms with Gasteiger partial charge < -0.3 is 10.6 Å². The molecule has 1 aromatic rings. The van der Waals surface area contributed by atoms with Gasteiger partial charge >= 0.3 is 0 Å². The molecule has 1 amide bonds. The highest BCUT2D eigenvalue weighted by atomic mass is 32.2. The average Bonchev–Trinajstić information content (AvgIpc) is 2.54. The van der Waals surface area contributed by atoms with Gasteiger partial charge in [-0.05, 0) is 56.9 Å². The van der Waals surface area contributed by atoms with Gasteiger partial charge in [-0.2, -0.15) is 0 Å². The van der Waals surface area contributed by atoms with Crippen molar-refractivity contribution in [2.45, 2.75) is 42.9 Å². The number of sulfone groups is 1. The van der Waals surface area contributed by atoms with Crippen LogP contribution in [0.1, 0.15) is 26.7 Å². The first-order chi connectivity index (χ1) is 10.7. The molecule has 3 atom stereocenters. The minimum atomic E-state index is -3.83. The molecule has 0 spiro atoms. The molecule has 23 heavy (non-hydrogen) atoms. The topological polar surface area (TPSA) is 80.5 Å². The molecule has 7 heteroatoms. The van der Waals surface area contributed by atoms with E-state index < -0.39 is 26.8 Å². The first kappa shape index (κ1) is 17.9. The Bertz CT molecular complexity index is 658. The number of hydrogen-bond acceptors (Lipinski definition) is 4. The van der Waals surface area contributed by atoms with Gasteiger partial charge in [0.15, 0.2) is 9.84 Å². The fraction of sp³-hybridized carbons (Fsp3) is 0.562. The zero-order chi connectivity index (χ0) is 17.2. The van der Waals surface area contributed by atoms with Crippen molar-refractivity contribution in [1.29, 1.82) is 0 Å². The van der Waals surface area contributed by atoms with Crippen molar-refractivity contribution in [1.82, 2.24) is 4.90 Å². The summed E-state index contributed by atoms with van der Waals surface area (Å²) >= 11 is 0. The number of nitrogens with zero attached hydrogens (tertiary/aromatic N) is 1. The lowest BCUT2D eigenvalue weighted by Crippen LogP contribution is -2.49. The van der Waals surface area contributed by atoms with Crippen molar-refractivity contribution >= 4 is 15.7 Å². The number of carbonyl (C=O) groups excluding carboxylic acids is 1. The lowest BCUT2D eigenvalue weighted by molar-refractivity contribution is -0.132. The summed E-state index contributed by atoms with van der Waals surface area (Å²) in [5.41, 5.74) is 5.90. The van der Waals surface area contributed by atoms with E-state index in [0.29, 0.717) is 13.1 Å². The van der Waals surface area contributed by atoms with E-state index in [9.17, 15) is 17.6 Å². The number of hydrogen-bond donors (Lipinski definition) is 1. The molecule has 0 aromatic heterocycles. The fourth-order valence-electron chi connectivity index (χ4n) is 2.86. The number of halogens is 1. The van der Waals surface area contributed by atoms with Gasteiger partial charge in [-0.1, -0.05) is 0 Å². The number of benzene rings is 1. The predicted molar refractivity (Wildman–Crippen MR) is 86.0 cm³/mol. The van der Waals surface area contributed by atoms with Crippen LogP contribution in [-0.4, -0.2) is 43.6 Å². The predicted octanol–water partition coefficient (Wildman–Crippen LogP) is 1.57. The van der Waals surface area contributed by atoms with E-state index >= 15 is 0 Å². The first-order valence-electron chi connectivity index (χ1n) is 7.77. The summed E-state index contributed by atoms with van der Waals surface area (Å²) in [5, 5.41) is -1.19. The van der Waals surface area contributed by atoms with Crippen LogP contribution in [0.2, 0.25) is 0 Å².